The lowest BCUT2D eigenvalue weighted by atomic mass is 10.1. The molecule has 0 unspecified atom stereocenters. The number of rotatable bonds is 5. The summed E-state index contributed by atoms with van der Waals surface area (Å²) in [5, 5.41) is 3.92. The summed E-state index contributed by atoms with van der Waals surface area (Å²) < 4.78 is 0.964. The lowest BCUT2D eigenvalue weighted by molar-refractivity contribution is 0.102. The van der Waals surface area contributed by atoms with E-state index in [9.17, 15) is 4.79 Å². The summed E-state index contributed by atoms with van der Waals surface area (Å²) in [5.74, 6) is -0.0878. The molecule has 2 rings (SSSR count). The molecule has 0 saturated carbocycles. The van der Waals surface area contributed by atoms with Gasteiger partial charge in [0, 0.05) is 21.1 Å². The number of alkyl halides is 1. The van der Waals surface area contributed by atoms with Crippen LogP contribution in [0.25, 0.3) is 0 Å². The molecule has 2 aromatic rings. The minimum atomic E-state index is -0.0878. The van der Waals surface area contributed by atoms with Crippen LogP contribution in [0.5, 0.6) is 0 Å². The van der Waals surface area contributed by atoms with E-state index in [2.05, 4.69) is 43.2 Å². The van der Waals surface area contributed by atoms with Crippen molar-refractivity contribution in [1.29, 1.82) is 0 Å². The summed E-state index contributed by atoms with van der Waals surface area (Å²) in [6, 6.07) is 15.3. The van der Waals surface area contributed by atoms with Crippen molar-refractivity contribution in [2.75, 3.05) is 10.6 Å². The van der Waals surface area contributed by atoms with Crippen LogP contribution in [0.2, 0.25) is 0 Å². The second kappa shape index (κ2) is 7.60. The number of aryl methyl sites for hydroxylation is 1. The molecule has 1 N–H and O–H groups in total. The van der Waals surface area contributed by atoms with Crippen LogP contribution in [0.4, 0.5) is 5.69 Å². The Morgan fingerprint density at radius 1 is 1.10 bits per heavy atom. The predicted octanol–water partition coefficient (Wildman–Crippen LogP) is 5.03. The van der Waals surface area contributed by atoms with Crippen molar-refractivity contribution in [3.05, 3.63) is 64.1 Å². The fourth-order valence-electron chi connectivity index (χ4n) is 1.88. The maximum absolute atomic E-state index is 12.1. The second-order valence-electron chi connectivity index (χ2n) is 4.45. The van der Waals surface area contributed by atoms with Gasteiger partial charge in [-0.1, -0.05) is 44.0 Å². The van der Waals surface area contributed by atoms with E-state index >= 15 is 0 Å². The van der Waals surface area contributed by atoms with Crippen molar-refractivity contribution < 1.29 is 4.79 Å². The quantitative estimate of drug-likeness (QED) is 0.705. The summed E-state index contributed by atoms with van der Waals surface area (Å²) in [6.45, 7) is 0. The van der Waals surface area contributed by atoms with E-state index in [0.29, 0.717) is 5.56 Å². The third-order valence-electron chi connectivity index (χ3n) is 2.89. The first-order valence-electron chi connectivity index (χ1n) is 6.41. The van der Waals surface area contributed by atoms with Crippen LogP contribution in [-0.2, 0) is 6.42 Å². The molecule has 0 bridgehead atoms. The molecule has 0 atom stereocenters. The second-order valence-corrected chi connectivity index (χ2v) is 6.16. The van der Waals surface area contributed by atoms with Gasteiger partial charge in [-0.3, -0.25) is 4.79 Å². The molecule has 2 aromatic carbocycles. The number of carbonyl (C=O) groups excluding carboxylic acids is 1. The first-order valence-corrected chi connectivity index (χ1v) is 8.32. The van der Waals surface area contributed by atoms with Gasteiger partial charge in [0.15, 0.2) is 0 Å². The Morgan fingerprint density at radius 3 is 2.55 bits per heavy atom. The van der Waals surface area contributed by atoms with Gasteiger partial charge in [0.1, 0.15) is 0 Å². The maximum atomic E-state index is 12.1. The zero-order chi connectivity index (χ0) is 14.4. The van der Waals surface area contributed by atoms with Gasteiger partial charge in [-0.2, -0.15) is 0 Å². The topological polar surface area (TPSA) is 29.1 Å². The molecule has 0 heterocycles. The molecular formula is C16H15Br2NO. The van der Waals surface area contributed by atoms with Crippen molar-refractivity contribution in [1.82, 2.24) is 0 Å². The monoisotopic (exact) mass is 395 g/mol. The molecule has 1 amide bonds. The Bertz CT molecular complexity index is 581. The van der Waals surface area contributed by atoms with Crippen LogP contribution in [0.3, 0.4) is 0 Å². The van der Waals surface area contributed by atoms with Crippen LogP contribution >= 0.6 is 31.9 Å². The van der Waals surface area contributed by atoms with E-state index < -0.39 is 0 Å². The lowest BCUT2D eigenvalue weighted by Crippen LogP contribution is -2.11. The fraction of sp³-hybridized carbons (Fsp3) is 0.188. The van der Waals surface area contributed by atoms with E-state index in [1.165, 1.54) is 5.56 Å². The molecule has 0 fully saturated rings. The van der Waals surface area contributed by atoms with Gasteiger partial charge in [0.25, 0.3) is 5.91 Å². The molecule has 0 aliphatic carbocycles. The van der Waals surface area contributed by atoms with Gasteiger partial charge in [-0.15, -0.1) is 0 Å². The Balaban J connectivity index is 2.05. The summed E-state index contributed by atoms with van der Waals surface area (Å²) >= 11 is 6.79. The van der Waals surface area contributed by atoms with Gasteiger partial charge in [0.05, 0.1) is 0 Å². The van der Waals surface area contributed by atoms with E-state index in [0.717, 1.165) is 28.3 Å². The molecule has 0 aliphatic heterocycles. The number of hydrogen-bond acceptors (Lipinski definition) is 1. The van der Waals surface area contributed by atoms with Crippen molar-refractivity contribution >= 4 is 43.5 Å². The molecule has 0 saturated heterocycles. The normalized spacial score (nSPS) is 10.3. The number of nitrogens with one attached hydrogen (secondary N) is 1. The number of amides is 1. The highest BCUT2D eigenvalue weighted by atomic mass is 79.9. The van der Waals surface area contributed by atoms with Crippen molar-refractivity contribution in [3.8, 4) is 0 Å². The first-order chi connectivity index (χ1) is 9.69. The number of carbonyl (C=O) groups is 1. The van der Waals surface area contributed by atoms with Crippen molar-refractivity contribution in [3.63, 3.8) is 0 Å². The summed E-state index contributed by atoms with van der Waals surface area (Å²) in [5.41, 5.74) is 2.72. The van der Waals surface area contributed by atoms with Crippen LogP contribution < -0.4 is 5.32 Å². The number of benzene rings is 2. The van der Waals surface area contributed by atoms with Gasteiger partial charge in [-0.05, 0) is 54.8 Å². The smallest absolute Gasteiger partial charge is 0.255 e. The number of halogens is 2. The number of anilines is 1. The summed E-state index contributed by atoms with van der Waals surface area (Å²) in [7, 11) is 0. The third-order valence-corrected chi connectivity index (χ3v) is 3.98. The molecule has 0 aromatic heterocycles. The van der Waals surface area contributed by atoms with Crippen molar-refractivity contribution in [2.24, 2.45) is 0 Å². The minimum Gasteiger partial charge on any atom is -0.322 e. The molecule has 0 aliphatic rings. The van der Waals surface area contributed by atoms with E-state index in [-0.39, 0.29) is 5.91 Å². The van der Waals surface area contributed by atoms with Gasteiger partial charge in [-0.25, -0.2) is 0 Å². The first kappa shape index (κ1) is 15.3. The van der Waals surface area contributed by atoms with E-state index in [1.807, 2.05) is 30.3 Å². The zero-order valence-electron chi connectivity index (χ0n) is 10.9. The highest BCUT2D eigenvalue weighted by molar-refractivity contribution is 9.10. The molecule has 4 heteroatoms. The molecular weight excluding hydrogens is 382 g/mol. The van der Waals surface area contributed by atoms with Crippen molar-refractivity contribution in [2.45, 2.75) is 12.8 Å². The average Bonchev–Trinajstić information content (AvgIpc) is 2.46. The molecule has 104 valence electrons. The van der Waals surface area contributed by atoms with Gasteiger partial charge in [0.2, 0.25) is 0 Å². The van der Waals surface area contributed by atoms with E-state index in [1.54, 1.807) is 12.1 Å². The Labute approximate surface area is 135 Å². The Morgan fingerprint density at radius 2 is 1.85 bits per heavy atom. The van der Waals surface area contributed by atoms with Gasteiger partial charge >= 0.3 is 0 Å². The summed E-state index contributed by atoms with van der Waals surface area (Å²) in [4.78, 5) is 12.1. The largest absolute Gasteiger partial charge is 0.322 e. The van der Waals surface area contributed by atoms with E-state index in [4.69, 9.17) is 0 Å². The standard InChI is InChI=1S/C16H15Br2NO/c17-10-2-4-12-3-1-5-15(11-12)19-16(20)13-6-8-14(18)9-7-13/h1,3,5-9,11H,2,4,10H2,(H,19,20). The molecule has 0 spiro atoms. The SMILES string of the molecule is O=C(Nc1cccc(CCCBr)c1)c1ccc(Br)cc1. The number of hydrogen-bond donors (Lipinski definition) is 1. The Hall–Kier alpha value is -1.13. The summed E-state index contributed by atoms with van der Waals surface area (Å²) in [6.07, 6.45) is 2.09. The van der Waals surface area contributed by atoms with Gasteiger partial charge < -0.3 is 5.32 Å². The highest BCUT2D eigenvalue weighted by Gasteiger charge is 2.06. The average molecular weight is 397 g/mol. The highest BCUT2D eigenvalue weighted by Crippen LogP contribution is 2.15. The third kappa shape index (κ3) is 4.46. The zero-order valence-corrected chi connectivity index (χ0v) is 14.1. The van der Waals surface area contributed by atoms with Crippen LogP contribution in [0.1, 0.15) is 22.3 Å². The van der Waals surface area contributed by atoms with Crippen LogP contribution in [0, 0.1) is 0 Å². The predicted molar refractivity (Wildman–Crippen MR) is 90.7 cm³/mol. The fourth-order valence-corrected chi connectivity index (χ4v) is 2.42. The van der Waals surface area contributed by atoms with Crippen LogP contribution in [0.15, 0.2) is 53.0 Å². The van der Waals surface area contributed by atoms with Crippen LogP contribution in [-0.4, -0.2) is 11.2 Å². The molecule has 2 nitrogen and oxygen atoms in total. The maximum Gasteiger partial charge on any atom is 0.255 e. The lowest BCUT2D eigenvalue weighted by Gasteiger charge is -2.07. The Kier molecular flexibility index (Phi) is 5.80. The molecule has 20 heavy (non-hydrogen) atoms. The molecule has 0 radical (unpaired) electrons. The minimum absolute atomic E-state index is 0.0878.